The predicted molar refractivity (Wildman–Crippen MR) is 84.5 cm³/mol. The van der Waals surface area contributed by atoms with Crippen molar-refractivity contribution >= 4 is 11.9 Å². The second kappa shape index (κ2) is 8.61. The number of halogens is 6. The fourth-order valence-corrected chi connectivity index (χ4v) is 1.95. The van der Waals surface area contributed by atoms with E-state index in [1.807, 2.05) is 0 Å². The van der Waals surface area contributed by atoms with Crippen LogP contribution in [0, 0.1) is 0 Å². The van der Waals surface area contributed by atoms with Crippen molar-refractivity contribution in [3.05, 3.63) is 65.7 Å². The number of carbonyl (C=O) groups excluding carboxylic acids is 1. The number of allylic oxidation sites excluding steroid dienone is 1. The van der Waals surface area contributed by atoms with Crippen LogP contribution in [0.1, 0.15) is 15.9 Å². The van der Waals surface area contributed by atoms with E-state index in [0.717, 1.165) is 18.2 Å². The molecule has 2 aromatic rings. The molecule has 0 spiro atoms. The molecule has 0 saturated carbocycles. The lowest BCUT2D eigenvalue weighted by Crippen LogP contribution is -2.33. The number of ketones is 1. The highest BCUT2D eigenvalue weighted by molar-refractivity contribution is 6.06. The number of benzene rings is 2. The number of carbonyl (C=O) groups is 1. The summed E-state index contributed by atoms with van der Waals surface area (Å²) in [6.45, 7) is -2.99. The Morgan fingerprint density at radius 3 is 2.22 bits per heavy atom. The second-order valence-electron chi connectivity index (χ2n) is 5.14. The molecule has 0 N–H and O–H groups in total. The molecule has 0 atom stereocenters. The van der Waals surface area contributed by atoms with Crippen molar-refractivity contribution in [2.24, 2.45) is 0 Å². The largest absolute Gasteiger partial charge is 0.461 e. The van der Waals surface area contributed by atoms with Gasteiger partial charge in [0, 0.05) is 5.56 Å². The molecule has 27 heavy (non-hydrogen) atoms. The van der Waals surface area contributed by atoms with Crippen LogP contribution in [0.3, 0.4) is 0 Å². The Labute approximate surface area is 149 Å². The molecule has 0 radical (unpaired) electrons. The van der Waals surface area contributed by atoms with Crippen LogP contribution in [0.2, 0.25) is 0 Å². The first-order chi connectivity index (χ1) is 12.7. The average molecular weight is 390 g/mol. The lowest BCUT2D eigenvalue weighted by atomic mass is 10.1. The fourth-order valence-electron chi connectivity index (χ4n) is 1.95. The Bertz CT molecular complexity index is 803. The smallest absolute Gasteiger partial charge is 0.435 e. The van der Waals surface area contributed by atoms with Crippen LogP contribution in [0.15, 0.2) is 54.6 Å². The molecular weight excluding hydrogens is 378 g/mol. The van der Waals surface area contributed by atoms with Crippen LogP contribution in [0.4, 0.5) is 26.3 Å². The molecule has 0 fully saturated rings. The summed E-state index contributed by atoms with van der Waals surface area (Å²) in [6, 6.07) is 9.77. The number of ether oxygens (including phenoxy) is 2. The van der Waals surface area contributed by atoms with Crippen molar-refractivity contribution in [3.63, 3.8) is 0 Å². The number of rotatable bonds is 8. The van der Waals surface area contributed by atoms with Crippen LogP contribution in [-0.4, -0.2) is 24.9 Å². The Morgan fingerprint density at radius 2 is 1.63 bits per heavy atom. The third-order valence-corrected chi connectivity index (χ3v) is 3.16. The first-order valence-electron chi connectivity index (χ1n) is 7.40. The topological polar surface area (TPSA) is 35.5 Å². The van der Waals surface area contributed by atoms with E-state index in [1.54, 1.807) is 0 Å². The van der Waals surface area contributed by atoms with Gasteiger partial charge in [-0.3, -0.25) is 4.79 Å². The maximum atomic E-state index is 12.9. The van der Waals surface area contributed by atoms with Gasteiger partial charge in [0.15, 0.2) is 5.78 Å². The van der Waals surface area contributed by atoms with Gasteiger partial charge in [-0.1, -0.05) is 18.2 Å². The number of alkyl halides is 6. The van der Waals surface area contributed by atoms with E-state index in [1.165, 1.54) is 42.5 Å². The zero-order valence-corrected chi connectivity index (χ0v) is 13.4. The van der Waals surface area contributed by atoms with Crippen LogP contribution in [0.5, 0.6) is 11.5 Å². The maximum Gasteiger partial charge on any atom is 0.461 e. The molecule has 0 heterocycles. The Hall–Kier alpha value is -2.97. The molecule has 0 aliphatic heterocycles. The van der Waals surface area contributed by atoms with E-state index < -0.39 is 30.7 Å². The molecule has 0 aromatic heterocycles. The molecule has 0 bridgehead atoms. The van der Waals surface area contributed by atoms with E-state index in [4.69, 9.17) is 0 Å². The van der Waals surface area contributed by atoms with Crippen LogP contribution < -0.4 is 9.47 Å². The van der Waals surface area contributed by atoms with E-state index in [-0.39, 0.29) is 16.9 Å². The van der Waals surface area contributed by atoms with Gasteiger partial charge in [-0.25, -0.2) is 0 Å². The maximum absolute atomic E-state index is 12.9. The van der Waals surface area contributed by atoms with Gasteiger partial charge >= 0.3 is 19.1 Å². The zero-order valence-electron chi connectivity index (χ0n) is 13.4. The van der Waals surface area contributed by atoms with Gasteiger partial charge in [0.2, 0.25) is 0 Å². The number of hydrogen-bond donors (Lipinski definition) is 0. The number of hydrogen-bond acceptors (Lipinski definition) is 3. The minimum Gasteiger partial charge on any atom is -0.435 e. The SMILES string of the molecule is O=C(/C=C/c1cccc(OC(F)(F)C(F)F)c1)c1ccc(OC(F)F)cc1. The van der Waals surface area contributed by atoms with E-state index in [9.17, 15) is 31.1 Å². The molecule has 0 unspecified atom stereocenters. The second-order valence-corrected chi connectivity index (χ2v) is 5.14. The summed E-state index contributed by atoms with van der Waals surface area (Å²) >= 11 is 0. The third-order valence-electron chi connectivity index (χ3n) is 3.16. The van der Waals surface area contributed by atoms with Crippen LogP contribution >= 0.6 is 0 Å². The van der Waals surface area contributed by atoms with Gasteiger partial charge in [-0.15, -0.1) is 0 Å². The summed E-state index contributed by atoms with van der Waals surface area (Å²) in [6.07, 6.45) is -6.26. The average Bonchev–Trinajstić information content (AvgIpc) is 2.59. The Kier molecular flexibility index (Phi) is 6.49. The minimum absolute atomic E-state index is 0.115. The molecule has 2 rings (SSSR count). The van der Waals surface area contributed by atoms with Crippen molar-refractivity contribution in [1.82, 2.24) is 0 Å². The van der Waals surface area contributed by atoms with Gasteiger partial charge in [-0.05, 0) is 48.0 Å². The van der Waals surface area contributed by atoms with E-state index in [2.05, 4.69) is 9.47 Å². The van der Waals surface area contributed by atoms with Crippen molar-refractivity contribution in [3.8, 4) is 11.5 Å². The van der Waals surface area contributed by atoms with Gasteiger partial charge in [0.1, 0.15) is 11.5 Å². The molecule has 0 aliphatic rings. The van der Waals surface area contributed by atoms with Crippen molar-refractivity contribution in [2.45, 2.75) is 19.1 Å². The molecule has 3 nitrogen and oxygen atoms in total. The highest BCUT2D eigenvalue weighted by atomic mass is 19.3. The highest BCUT2D eigenvalue weighted by Gasteiger charge is 2.43. The summed E-state index contributed by atoms with van der Waals surface area (Å²) < 4.78 is 82.4. The zero-order chi connectivity index (χ0) is 20.0. The monoisotopic (exact) mass is 390 g/mol. The summed E-state index contributed by atoms with van der Waals surface area (Å²) in [7, 11) is 0. The van der Waals surface area contributed by atoms with E-state index in [0.29, 0.717) is 0 Å². The first kappa shape index (κ1) is 20.3. The summed E-state index contributed by atoms with van der Waals surface area (Å²) in [5, 5.41) is 0. The molecule has 9 heteroatoms. The Balaban J connectivity index is 2.07. The molecule has 0 aliphatic carbocycles. The molecule has 0 amide bonds. The fraction of sp³-hybridized carbons (Fsp3) is 0.167. The third kappa shape index (κ3) is 6.05. The highest BCUT2D eigenvalue weighted by Crippen LogP contribution is 2.28. The summed E-state index contributed by atoms with van der Waals surface area (Å²) in [5.74, 6) is -1.11. The normalized spacial score (nSPS) is 12.0. The molecule has 2 aromatic carbocycles. The van der Waals surface area contributed by atoms with Gasteiger partial charge < -0.3 is 9.47 Å². The van der Waals surface area contributed by atoms with Crippen LogP contribution in [-0.2, 0) is 0 Å². The van der Waals surface area contributed by atoms with E-state index >= 15 is 0 Å². The van der Waals surface area contributed by atoms with Gasteiger partial charge in [0.25, 0.3) is 0 Å². The molecule has 0 saturated heterocycles. The lowest BCUT2D eigenvalue weighted by molar-refractivity contribution is -0.253. The van der Waals surface area contributed by atoms with Crippen molar-refractivity contribution < 1.29 is 40.6 Å². The lowest BCUT2D eigenvalue weighted by Gasteiger charge is -2.16. The van der Waals surface area contributed by atoms with Gasteiger partial charge in [0.05, 0.1) is 0 Å². The summed E-state index contributed by atoms with van der Waals surface area (Å²) in [4.78, 5) is 12.0. The van der Waals surface area contributed by atoms with Gasteiger partial charge in [-0.2, -0.15) is 26.3 Å². The van der Waals surface area contributed by atoms with Crippen molar-refractivity contribution in [1.29, 1.82) is 0 Å². The quantitative estimate of drug-likeness (QED) is 0.343. The standard InChI is InChI=1S/C18H12F6O3/c19-16(20)18(23,24)27-14-3-1-2-11(10-14)4-9-15(25)12-5-7-13(8-6-12)26-17(21)22/h1-10,16-17H/b9-4+. The van der Waals surface area contributed by atoms with Crippen LogP contribution in [0.25, 0.3) is 6.08 Å². The van der Waals surface area contributed by atoms with Crippen molar-refractivity contribution in [2.75, 3.05) is 0 Å². The molecule has 144 valence electrons. The first-order valence-corrected chi connectivity index (χ1v) is 7.40. The molecular formula is C18H12F6O3. The summed E-state index contributed by atoms with van der Waals surface area (Å²) in [5.41, 5.74) is 0.424. The Morgan fingerprint density at radius 1 is 0.963 bits per heavy atom. The predicted octanol–water partition coefficient (Wildman–Crippen LogP) is 5.42. The minimum atomic E-state index is -4.64.